The van der Waals surface area contributed by atoms with Crippen molar-refractivity contribution in [2.24, 2.45) is 5.41 Å². The molecule has 5 heteroatoms. The molecule has 19 heavy (non-hydrogen) atoms. The summed E-state index contributed by atoms with van der Waals surface area (Å²) >= 11 is 0. The van der Waals surface area contributed by atoms with Crippen molar-refractivity contribution in [3.63, 3.8) is 0 Å². The fourth-order valence-corrected chi connectivity index (χ4v) is 1.99. The third-order valence-electron chi connectivity index (χ3n) is 3.71. The van der Waals surface area contributed by atoms with Gasteiger partial charge in [0.15, 0.2) is 0 Å². The summed E-state index contributed by atoms with van der Waals surface area (Å²) < 4.78 is 27.4. The Morgan fingerprint density at radius 2 is 1.95 bits per heavy atom. The second-order valence-corrected chi connectivity index (χ2v) is 5.43. The zero-order valence-electron chi connectivity index (χ0n) is 12.1. The van der Waals surface area contributed by atoms with Crippen LogP contribution in [0.15, 0.2) is 0 Å². The lowest BCUT2D eigenvalue weighted by atomic mass is 9.84. The van der Waals surface area contributed by atoms with E-state index >= 15 is 0 Å². The third kappa shape index (κ3) is 5.00. The predicted molar refractivity (Wildman–Crippen MR) is 70.3 cm³/mol. The molecule has 0 aromatic rings. The van der Waals surface area contributed by atoms with Crippen LogP contribution in [0.4, 0.5) is 0 Å². The van der Waals surface area contributed by atoms with Gasteiger partial charge >= 0.3 is 0 Å². The van der Waals surface area contributed by atoms with E-state index in [4.69, 9.17) is 23.7 Å². The molecular weight excluding hydrogens is 248 g/mol. The van der Waals surface area contributed by atoms with Crippen molar-refractivity contribution >= 4 is 0 Å². The summed E-state index contributed by atoms with van der Waals surface area (Å²) in [6.45, 7) is 9.87. The van der Waals surface area contributed by atoms with Crippen LogP contribution in [0.1, 0.15) is 20.3 Å². The number of hydrogen-bond donors (Lipinski definition) is 0. The Kier molecular flexibility index (Phi) is 6.04. The molecule has 2 aliphatic rings. The Morgan fingerprint density at radius 3 is 2.47 bits per heavy atom. The van der Waals surface area contributed by atoms with E-state index in [1.165, 1.54) is 0 Å². The van der Waals surface area contributed by atoms with Gasteiger partial charge in [-0.15, -0.1) is 0 Å². The van der Waals surface area contributed by atoms with Crippen molar-refractivity contribution < 1.29 is 23.7 Å². The predicted octanol–water partition coefficient (Wildman–Crippen LogP) is 1.25. The third-order valence-corrected chi connectivity index (χ3v) is 3.71. The Balaban J connectivity index is 1.62. The molecule has 2 unspecified atom stereocenters. The van der Waals surface area contributed by atoms with E-state index in [0.717, 1.165) is 32.8 Å². The average Bonchev–Trinajstić information content (AvgIpc) is 3.19. The summed E-state index contributed by atoms with van der Waals surface area (Å²) in [5, 5.41) is 0. The summed E-state index contributed by atoms with van der Waals surface area (Å²) in [7, 11) is 0. The van der Waals surface area contributed by atoms with Crippen LogP contribution in [0.5, 0.6) is 0 Å². The smallest absolute Gasteiger partial charge is 0.104 e. The molecule has 0 aromatic heterocycles. The molecule has 2 saturated heterocycles. The minimum absolute atomic E-state index is 0.000879. The SMILES string of the molecule is CCOCC(COCC1(CC)COC1)OCC1CO1. The van der Waals surface area contributed by atoms with Crippen LogP contribution >= 0.6 is 0 Å². The van der Waals surface area contributed by atoms with Gasteiger partial charge in [0.05, 0.1) is 46.2 Å². The summed E-state index contributed by atoms with van der Waals surface area (Å²) in [5.41, 5.74) is 0.232. The Bertz CT molecular complexity index is 245. The molecule has 2 heterocycles. The lowest BCUT2D eigenvalue weighted by molar-refractivity contribution is -0.160. The largest absolute Gasteiger partial charge is 0.380 e. The molecule has 2 fully saturated rings. The highest BCUT2D eigenvalue weighted by Gasteiger charge is 2.37. The first-order valence-corrected chi connectivity index (χ1v) is 7.24. The molecule has 2 rings (SSSR count). The minimum atomic E-state index is -0.000879. The van der Waals surface area contributed by atoms with Crippen molar-refractivity contribution in [1.82, 2.24) is 0 Å². The van der Waals surface area contributed by atoms with Gasteiger partial charge in [-0.05, 0) is 13.3 Å². The van der Waals surface area contributed by atoms with Gasteiger partial charge in [0.1, 0.15) is 12.2 Å². The van der Waals surface area contributed by atoms with Crippen LogP contribution in [-0.4, -0.2) is 65.1 Å². The van der Waals surface area contributed by atoms with Gasteiger partial charge < -0.3 is 23.7 Å². The highest BCUT2D eigenvalue weighted by Crippen LogP contribution is 2.31. The summed E-state index contributed by atoms with van der Waals surface area (Å²) in [6, 6.07) is 0. The van der Waals surface area contributed by atoms with Gasteiger partial charge in [-0.1, -0.05) is 6.92 Å². The molecule has 0 aliphatic carbocycles. The molecule has 0 bridgehead atoms. The number of ether oxygens (including phenoxy) is 5. The average molecular weight is 274 g/mol. The molecule has 0 radical (unpaired) electrons. The number of hydrogen-bond acceptors (Lipinski definition) is 5. The van der Waals surface area contributed by atoms with Crippen LogP contribution < -0.4 is 0 Å². The molecular formula is C14H26O5. The highest BCUT2D eigenvalue weighted by atomic mass is 16.6. The first-order valence-electron chi connectivity index (χ1n) is 7.24. The maximum absolute atomic E-state index is 5.82. The first kappa shape index (κ1) is 15.2. The van der Waals surface area contributed by atoms with Gasteiger partial charge in [-0.25, -0.2) is 0 Å². The Labute approximate surface area is 115 Å². The minimum Gasteiger partial charge on any atom is -0.380 e. The topological polar surface area (TPSA) is 49.5 Å². The quantitative estimate of drug-likeness (QED) is 0.531. The molecule has 112 valence electrons. The van der Waals surface area contributed by atoms with Crippen molar-refractivity contribution in [2.75, 3.05) is 52.9 Å². The summed E-state index contributed by atoms with van der Waals surface area (Å²) in [4.78, 5) is 0. The van der Waals surface area contributed by atoms with E-state index in [9.17, 15) is 0 Å². The molecule has 2 atom stereocenters. The maximum atomic E-state index is 5.82. The normalized spacial score (nSPS) is 25.9. The molecule has 0 spiro atoms. The lowest BCUT2D eigenvalue weighted by Gasteiger charge is -2.40. The zero-order valence-corrected chi connectivity index (χ0v) is 12.1. The summed E-state index contributed by atoms with van der Waals surface area (Å²) in [5.74, 6) is 0. The van der Waals surface area contributed by atoms with Gasteiger partial charge in [0.2, 0.25) is 0 Å². The van der Waals surface area contributed by atoms with Crippen LogP contribution in [0, 0.1) is 5.41 Å². The van der Waals surface area contributed by atoms with E-state index in [-0.39, 0.29) is 17.6 Å². The Hall–Kier alpha value is -0.200. The van der Waals surface area contributed by atoms with Crippen LogP contribution in [-0.2, 0) is 23.7 Å². The highest BCUT2D eigenvalue weighted by molar-refractivity contribution is 4.84. The van der Waals surface area contributed by atoms with E-state index in [1.54, 1.807) is 0 Å². The maximum Gasteiger partial charge on any atom is 0.104 e. The number of epoxide rings is 1. The summed E-state index contributed by atoms with van der Waals surface area (Å²) in [6.07, 6.45) is 1.38. The molecule has 5 nitrogen and oxygen atoms in total. The van der Waals surface area contributed by atoms with Gasteiger partial charge in [0.25, 0.3) is 0 Å². The second kappa shape index (κ2) is 7.55. The van der Waals surface area contributed by atoms with Crippen molar-refractivity contribution in [1.29, 1.82) is 0 Å². The van der Waals surface area contributed by atoms with Crippen LogP contribution in [0.3, 0.4) is 0 Å². The fourth-order valence-electron chi connectivity index (χ4n) is 1.99. The van der Waals surface area contributed by atoms with E-state index in [1.807, 2.05) is 6.92 Å². The second-order valence-electron chi connectivity index (χ2n) is 5.43. The zero-order chi connectivity index (χ0) is 13.6. The first-order chi connectivity index (χ1) is 9.28. The van der Waals surface area contributed by atoms with Gasteiger partial charge in [-0.2, -0.15) is 0 Å². The molecule has 0 N–H and O–H groups in total. The standard InChI is InChI=1S/C14H26O5/c1-3-14(10-17-11-14)9-16-6-12(5-15-4-2)18-7-13-8-19-13/h12-13H,3-11H2,1-2H3. The van der Waals surface area contributed by atoms with Crippen molar-refractivity contribution in [2.45, 2.75) is 32.5 Å². The fraction of sp³-hybridized carbons (Fsp3) is 1.00. The van der Waals surface area contributed by atoms with E-state index < -0.39 is 0 Å². The molecule has 0 amide bonds. The van der Waals surface area contributed by atoms with Gasteiger partial charge in [-0.3, -0.25) is 0 Å². The molecule has 0 aromatic carbocycles. The van der Waals surface area contributed by atoms with Crippen molar-refractivity contribution in [3.8, 4) is 0 Å². The van der Waals surface area contributed by atoms with Gasteiger partial charge in [0, 0.05) is 12.0 Å². The molecule has 0 saturated carbocycles. The van der Waals surface area contributed by atoms with E-state index in [0.29, 0.717) is 26.4 Å². The van der Waals surface area contributed by atoms with Crippen LogP contribution in [0.25, 0.3) is 0 Å². The Morgan fingerprint density at radius 1 is 1.21 bits per heavy atom. The monoisotopic (exact) mass is 274 g/mol. The lowest BCUT2D eigenvalue weighted by Crippen LogP contribution is -2.46. The number of rotatable bonds is 11. The molecule has 2 aliphatic heterocycles. The van der Waals surface area contributed by atoms with Crippen molar-refractivity contribution in [3.05, 3.63) is 0 Å². The van der Waals surface area contributed by atoms with Crippen LogP contribution in [0.2, 0.25) is 0 Å². The van der Waals surface area contributed by atoms with E-state index in [2.05, 4.69) is 6.92 Å².